The second kappa shape index (κ2) is 14.8. The highest BCUT2D eigenvalue weighted by Crippen LogP contribution is 2.24. The van der Waals surface area contributed by atoms with Crippen LogP contribution in [0.1, 0.15) is 83.3 Å². The number of likely N-dealkylation sites (N-methyl/N-ethyl adjacent to an activating group) is 1. The second-order valence-electron chi connectivity index (χ2n) is 9.97. The molecule has 0 amide bonds. The Balaban J connectivity index is 1.90. The van der Waals surface area contributed by atoms with Crippen LogP contribution in [0.2, 0.25) is 0 Å². The molecule has 0 spiro atoms. The summed E-state index contributed by atoms with van der Waals surface area (Å²) in [6.45, 7) is 6.94. The molecule has 2 rings (SSSR count). The number of hydrogen-bond acceptors (Lipinski definition) is 3. The lowest BCUT2D eigenvalue weighted by Crippen LogP contribution is -2.52. The number of carbonyl (C=O) groups excluding carboxylic acids is 1. The van der Waals surface area contributed by atoms with Gasteiger partial charge >= 0.3 is 5.97 Å². The van der Waals surface area contributed by atoms with Crippen LogP contribution in [0, 0.1) is 0 Å². The fraction of sp³-hybridized carbons (Fsp3) is 0.567. The van der Waals surface area contributed by atoms with E-state index in [0.29, 0.717) is 10.9 Å². The van der Waals surface area contributed by atoms with Crippen LogP contribution < -0.4 is 4.74 Å². The number of esters is 1. The highest BCUT2D eigenvalue weighted by Gasteiger charge is 2.34. The lowest BCUT2D eigenvalue weighted by molar-refractivity contribution is -0.917. The van der Waals surface area contributed by atoms with Gasteiger partial charge in [0.25, 0.3) is 0 Å². The molecule has 0 N–H and O–H groups in total. The fourth-order valence-corrected chi connectivity index (χ4v) is 4.13. The Hall–Kier alpha value is -2.33. The average molecular weight is 469 g/mol. The number of rotatable bonds is 16. The fourth-order valence-electron chi connectivity index (χ4n) is 4.13. The van der Waals surface area contributed by atoms with Gasteiger partial charge in [0.15, 0.2) is 6.04 Å². The molecule has 0 aliphatic heterocycles. The number of benzene rings is 2. The minimum atomic E-state index is -0.582. The molecule has 0 aromatic heterocycles. The molecule has 0 aliphatic rings. The molecule has 0 aliphatic carbocycles. The van der Waals surface area contributed by atoms with Gasteiger partial charge in [-0.2, -0.15) is 0 Å². The number of aryl methyl sites for hydroxylation is 1. The van der Waals surface area contributed by atoms with Gasteiger partial charge in [0.1, 0.15) is 12.3 Å². The number of quaternary nitrogens is 1. The van der Waals surface area contributed by atoms with Crippen LogP contribution in [0.4, 0.5) is 0 Å². The maximum Gasteiger partial charge on any atom is 0.367 e. The summed E-state index contributed by atoms with van der Waals surface area (Å²) >= 11 is 0. The van der Waals surface area contributed by atoms with E-state index in [1.807, 2.05) is 44.2 Å². The van der Waals surface area contributed by atoms with Gasteiger partial charge in [0.2, 0.25) is 6.29 Å². The second-order valence-corrected chi connectivity index (χ2v) is 9.97. The summed E-state index contributed by atoms with van der Waals surface area (Å²) in [5, 5.41) is 0. The predicted octanol–water partition coefficient (Wildman–Crippen LogP) is 7.30. The molecule has 0 radical (unpaired) electrons. The highest BCUT2D eigenvalue weighted by molar-refractivity contribution is 5.74. The molecule has 188 valence electrons. The molecular weight excluding hydrogens is 422 g/mol. The number of nitrogens with zero attached hydrogens (tertiary/aromatic N) is 1. The van der Waals surface area contributed by atoms with Crippen molar-refractivity contribution in [1.82, 2.24) is 0 Å². The first-order chi connectivity index (χ1) is 16.4. The molecule has 2 unspecified atom stereocenters. The molecule has 0 saturated carbocycles. The largest absolute Gasteiger partial charge is 0.455 e. The van der Waals surface area contributed by atoms with Crippen molar-refractivity contribution in [3.05, 3.63) is 65.7 Å². The Bertz CT molecular complexity index is 834. The van der Waals surface area contributed by atoms with Crippen molar-refractivity contribution >= 4 is 5.97 Å². The van der Waals surface area contributed by atoms with Crippen molar-refractivity contribution in [2.75, 3.05) is 14.1 Å². The lowest BCUT2D eigenvalue weighted by atomic mass is 10.0. The van der Waals surface area contributed by atoms with Gasteiger partial charge in [-0.25, -0.2) is 4.79 Å². The first-order valence-corrected chi connectivity index (χ1v) is 13.2. The van der Waals surface area contributed by atoms with E-state index in [2.05, 4.69) is 45.3 Å². The monoisotopic (exact) mass is 468 g/mol. The summed E-state index contributed by atoms with van der Waals surface area (Å²) in [5.41, 5.74) is 2.40. The zero-order chi connectivity index (χ0) is 24.8. The third-order valence-electron chi connectivity index (χ3n) is 6.68. The number of para-hydroxylation sites is 1. The van der Waals surface area contributed by atoms with Gasteiger partial charge in [-0.05, 0) is 31.4 Å². The van der Waals surface area contributed by atoms with E-state index in [4.69, 9.17) is 9.47 Å². The first kappa shape index (κ1) is 27.9. The molecular formula is C30H46NO3+. The van der Waals surface area contributed by atoms with E-state index in [-0.39, 0.29) is 12.0 Å². The molecule has 2 aromatic carbocycles. The van der Waals surface area contributed by atoms with Crippen LogP contribution in [-0.4, -0.2) is 36.9 Å². The Labute approximate surface area is 207 Å². The van der Waals surface area contributed by atoms with E-state index in [1.54, 1.807) is 0 Å². The topological polar surface area (TPSA) is 35.5 Å². The SMILES string of the molecule is CCCCCCCCCc1ccccc1OC(CC)OC(=O)C(C)[N+](C)(C)Cc1ccccc1. The molecule has 0 bridgehead atoms. The summed E-state index contributed by atoms with van der Waals surface area (Å²) < 4.78 is 12.6. The van der Waals surface area contributed by atoms with Gasteiger partial charge in [-0.1, -0.05) is 101 Å². The molecule has 0 saturated heterocycles. The zero-order valence-corrected chi connectivity index (χ0v) is 22.1. The van der Waals surface area contributed by atoms with Crippen molar-refractivity contribution in [3.63, 3.8) is 0 Å². The maximum atomic E-state index is 13.0. The normalized spacial score (nSPS) is 13.3. The third kappa shape index (κ3) is 9.50. The third-order valence-corrected chi connectivity index (χ3v) is 6.68. The van der Waals surface area contributed by atoms with E-state index >= 15 is 0 Å². The maximum absolute atomic E-state index is 13.0. The van der Waals surface area contributed by atoms with Crippen LogP contribution in [0.3, 0.4) is 0 Å². The van der Waals surface area contributed by atoms with E-state index in [0.717, 1.165) is 25.1 Å². The molecule has 0 heterocycles. The molecule has 2 aromatic rings. The van der Waals surface area contributed by atoms with Gasteiger partial charge in [-0.15, -0.1) is 0 Å². The molecule has 4 heteroatoms. The van der Waals surface area contributed by atoms with Crippen LogP contribution in [0.25, 0.3) is 0 Å². The van der Waals surface area contributed by atoms with Crippen LogP contribution in [0.5, 0.6) is 5.75 Å². The van der Waals surface area contributed by atoms with Gasteiger partial charge in [-0.3, -0.25) is 0 Å². The van der Waals surface area contributed by atoms with E-state index in [9.17, 15) is 4.79 Å². The van der Waals surface area contributed by atoms with Crippen LogP contribution in [-0.2, 0) is 22.5 Å². The van der Waals surface area contributed by atoms with Crippen LogP contribution >= 0.6 is 0 Å². The molecule has 0 fully saturated rings. The number of unbranched alkanes of at least 4 members (excludes halogenated alkanes) is 6. The Morgan fingerprint density at radius 2 is 1.47 bits per heavy atom. The number of ether oxygens (including phenoxy) is 2. The predicted molar refractivity (Wildman–Crippen MR) is 141 cm³/mol. The van der Waals surface area contributed by atoms with Gasteiger partial charge in [0, 0.05) is 12.0 Å². The summed E-state index contributed by atoms with van der Waals surface area (Å²) in [7, 11) is 4.14. The minimum absolute atomic E-state index is 0.225. The molecule has 2 atom stereocenters. The zero-order valence-electron chi connectivity index (χ0n) is 22.1. The van der Waals surface area contributed by atoms with Crippen molar-refractivity contribution in [2.24, 2.45) is 0 Å². The van der Waals surface area contributed by atoms with Crippen LogP contribution in [0.15, 0.2) is 54.6 Å². The molecule has 4 nitrogen and oxygen atoms in total. The van der Waals surface area contributed by atoms with Crippen molar-refractivity contribution < 1.29 is 18.8 Å². The average Bonchev–Trinajstić information content (AvgIpc) is 2.83. The standard InChI is InChI=1S/C30H46NO3/c1-6-8-9-10-11-12-16-21-27-22-17-18-23-28(27)33-29(7-2)34-30(32)25(3)31(4,5)24-26-19-14-13-15-20-26/h13-15,17-20,22-23,25,29H,6-12,16,21,24H2,1-5H3/q+1. The van der Waals surface area contributed by atoms with Crippen molar-refractivity contribution in [2.45, 2.75) is 97.4 Å². The summed E-state index contributed by atoms with van der Waals surface area (Å²) in [5.74, 6) is 0.608. The summed E-state index contributed by atoms with van der Waals surface area (Å²) in [6.07, 6.45) is 10.0. The van der Waals surface area contributed by atoms with E-state index < -0.39 is 6.29 Å². The quantitative estimate of drug-likeness (QED) is 0.112. The summed E-state index contributed by atoms with van der Waals surface area (Å²) in [4.78, 5) is 13.0. The van der Waals surface area contributed by atoms with Crippen molar-refractivity contribution in [1.29, 1.82) is 0 Å². The summed E-state index contributed by atoms with van der Waals surface area (Å²) in [6, 6.07) is 18.1. The van der Waals surface area contributed by atoms with E-state index in [1.165, 1.54) is 49.7 Å². The Morgan fingerprint density at radius 3 is 2.15 bits per heavy atom. The lowest BCUT2D eigenvalue weighted by Gasteiger charge is -2.35. The van der Waals surface area contributed by atoms with Gasteiger partial charge < -0.3 is 14.0 Å². The minimum Gasteiger partial charge on any atom is -0.455 e. The molecule has 34 heavy (non-hydrogen) atoms. The number of hydrogen-bond donors (Lipinski definition) is 0. The van der Waals surface area contributed by atoms with Gasteiger partial charge in [0.05, 0.1) is 14.1 Å². The van der Waals surface area contributed by atoms with Crippen molar-refractivity contribution in [3.8, 4) is 5.75 Å². The highest BCUT2D eigenvalue weighted by atomic mass is 16.7. The Kier molecular flexibility index (Phi) is 12.2. The number of carbonyl (C=O) groups is 1. The Morgan fingerprint density at radius 1 is 0.853 bits per heavy atom. The first-order valence-electron chi connectivity index (χ1n) is 13.2. The smallest absolute Gasteiger partial charge is 0.367 e.